The van der Waals surface area contributed by atoms with Crippen molar-refractivity contribution in [3.8, 4) is 11.5 Å². The van der Waals surface area contributed by atoms with E-state index in [2.05, 4.69) is 39.8 Å². The van der Waals surface area contributed by atoms with Gasteiger partial charge in [0.05, 0.1) is 26.4 Å². The molecule has 44 heavy (non-hydrogen) atoms. The Labute approximate surface area is 270 Å². The number of thiophene rings is 2. The Kier molecular flexibility index (Phi) is 12.7. The predicted molar refractivity (Wildman–Crippen MR) is 184 cm³/mol. The van der Waals surface area contributed by atoms with Gasteiger partial charge in [0.2, 0.25) is 0 Å². The zero-order valence-corrected chi connectivity index (χ0v) is 28.8. The lowest BCUT2D eigenvalue weighted by Gasteiger charge is -2.20. The molecular weight excluding hydrogens is 593 g/mol. The maximum atomic E-state index is 12.8. The van der Waals surface area contributed by atoms with Gasteiger partial charge in [0.15, 0.2) is 0 Å². The first kappa shape index (κ1) is 34.0. The van der Waals surface area contributed by atoms with E-state index in [0.717, 1.165) is 81.0 Å². The lowest BCUT2D eigenvalue weighted by atomic mass is 9.99. The Morgan fingerprint density at radius 3 is 1.36 bits per heavy atom. The quantitative estimate of drug-likeness (QED) is 0.101. The van der Waals surface area contributed by atoms with Crippen molar-refractivity contribution in [2.45, 2.75) is 92.9 Å². The van der Waals surface area contributed by atoms with Crippen molar-refractivity contribution in [2.24, 2.45) is 11.8 Å². The van der Waals surface area contributed by atoms with E-state index < -0.39 is 0 Å². The molecule has 0 aliphatic rings. The summed E-state index contributed by atoms with van der Waals surface area (Å²) in [7, 11) is 0. The van der Waals surface area contributed by atoms with E-state index in [0.29, 0.717) is 48.0 Å². The second kappa shape index (κ2) is 16.5. The van der Waals surface area contributed by atoms with E-state index in [1.807, 2.05) is 26.0 Å². The molecule has 2 atom stereocenters. The number of unbranched alkanes of at least 4 members (excludes halogenated alkanes) is 2. The third kappa shape index (κ3) is 7.86. The third-order valence-electron chi connectivity index (χ3n) is 8.31. The number of carbonyl (C=O) groups is 2. The summed E-state index contributed by atoms with van der Waals surface area (Å²) in [4.78, 5) is 26.7. The van der Waals surface area contributed by atoms with Crippen LogP contribution in [0.1, 0.15) is 112 Å². The minimum Gasteiger partial charge on any atom is -0.492 e. The summed E-state index contributed by atoms with van der Waals surface area (Å²) >= 11 is 2.83. The zero-order valence-electron chi connectivity index (χ0n) is 27.2. The molecule has 0 saturated carbocycles. The van der Waals surface area contributed by atoms with Gasteiger partial charge in [-0.3, -0.25) is 0 Å². The highest BCUT2D eigenvalue weighted by atomic mass is 32.1. The standard InChI is InChI=1S/C36H48O6S2/c1-7-13-15-23(9-3)21-41-33-25-17-30-28(20-32(44-30)36(38)40-12-6)34(42-22-24(10-4)16-14-8-2)26(25)18-29-27(33)19-31(43-29)35(37)39-11-5/h17-20,23-24H,7-16,21-22H2,1-6H3. The van der Waals surface area contributed by atoms with E-state index in [-0.39, 0.29) is 11.9 Å². The fraction of sp³-hybridized carbons (Fsp3) is 0.556. The van der Waals surface area contributed by atoms with E-state index in [1.54, 1.807) is 0 Å². The summed E-state index contributed by atoms with van der Waals surface area (Å²) in [5.74, 6) is 1.74. The van der Waals surface area contributed by atoms with Crippen LogP contribution >= 0.6 is 22.7 Å². The number of hydrogen-bond donors (Lipinski definition) is 0. The fourth-order valence-corrected chi connectivity index (χ4v) is 7.57. The van der Waals surface area contributed by atoms with Crippen molar-refractivity contribution in [2.75, 3.05) is 26.4 Å². The van der Waals surface area contributed by atoms with Crippen LogP contribution in [0.15, 0.2) is 24.3 Å². The molecule has 8 heteroatoms. The Balaban J connectivity index is 1.93. The number of carbonyl (C=O) groups excluding carboxylic acids is 2. The number of rotatable bonds is 18. The molecule has 0 saturated heterocycles. The van der Waals surface area contributed by atoms with Crippen molar-refractivity contribution in [3.63, 3.8) is 0 Å². The van der Waals surface area contributed by atoms with Crippen LogP contribution in [0.5, 0.6) is 11.5 Å². The maximum Gasteiger partial charge on any atom is 0.348 e. The average Bonchev–Trinajstić information content (AvgIpc) is 3.65. The molecule has 240 valence electrons. The summed E-state index contributed by atoms with van der Waals surface area (Å²) in [6.45, 7) is 14.3. The largest absolute Gasteiger partial charge is 0.492 e. The molecule has 0 spiro atoms. The fourth-order valence-electron chi connectivity index (χ4n) is 5.58. The molecular formula is C36H48O6S2. The van der Waals surface area contributed by atoms with Gasteiger partial charge in [-0.1, -0.05) is 66.2 Å². The molecule has 4 rings (SSSR count). The van der Waals surface area contributed by atoms with Gasteiger partial charge >= 0.3 is 11.9 Å². The number of ether oxygens (including phenoxy) is 4. The Bertz CT molecular complexity index is 1440. The third-order valence-corrected chi connectivity index (χ3v) is 10.4. The second-order valence-corrected chi connectivity index (χ2v) is 13.6. The summed E-state index contributed by atoms with van der Waals surface area (Å²) in [5, 5.41) is 3.66. The van der Waals surface area contributed by atoms with E-state index in [1.165, 1.54) is 35.5 Å². The zero-order chi connectivity index (χ0) is 31.6. The van der Waals surface area contributed by atoms with Gasteiger partial charge in [0, 0.05) is 30.9 Å². The summed E-state index contributed by atoms with van der Waals surface area (Å²) < 4.78 is 26.1. The lowest BCUT2D eigenvalue weighted by Crippen LogP contribution is -2.12. The van der Waals surface area contributed by atoms with Crippen LogP contribution in [0, 0.1) is 11.8 Å². The molecule has 0 aliphatic heterocycles. The smallest absolute Gasteiger partial charge is 0.348 e. The van der Waals surface area contributed by atoms with Gasteiger partial charge in [-0.25, -0.2) is 9.59 Å². The van der Waals surface area contributed by atoms with Crippen LogP contribution in [0.4, 0.5) is 0 Å². The highest BCUT2D eigenvalue weighted by Crippen LogP contribution is 2.47. The van der Waals surface area contributed by atoms with E-state index in [9.17, 15) is 9.59 Å². The SMILES string of the molecule is CCCCC(CC)COc1c2cc(C(=O)OCC)sc2cc2c(OCC(CC)CCCC)c3cc(C(=O)OCC)sc3cc12. The Morgan fingerprint density at radius 1 is 0.614 bits per heavy atom. The highest BCUT2D eigenvalue weighted by Gasteiger charge is 2.24. The first-order valence-electron chi connectivity index (χ1n) is 16.4. The van der Waals surface area contributed by atoms with Crippen molar-refractivity contribution in [1.82, 2.24) is 0 Å². The molecule has 2 heterocycles. The molecule has 0 aliphatic carbocycles. The van der Waals surface area contributed by atoms with Crippen LogP contribution in [-0.4, -0.2) is 38.4 Å². The van der Waals surface area contributed by atoms with Crippen LogP contribution in [0.2, 0.25) is 0 Å². The summed E-state index contributed by atoms with van der Waals surface area (Å²) in [5.41, 5.74) is 0. The predicted octanol–water partition coefficient (Wildman–Crippen LogP) is 10.8. The number of hydrogen-bond acceptors (Lipinski definition) is 8. The normalized spacial score (nSPS) is 13.0. The average molecular weight is 641 g/mol. The van der Waals surface area contributed by atoms with Crippen LogP contribution < -0.4 is 9.47 Å². The van der Waals surface area contributed by atoms with Crippen LogP contribution in [0.3, 0.4) is 0 Å². The molecule has 0 fully saturated rings. The molecule has 0 amide bonds. The van der Waals surface area contributed by atoms with Gasteiger partial charge in [0.25, 0.3) is 0 Å². The molecule has 2 aromatic heterocycles. The van der Waals surface area contributed by atoms with Crippen LogP contribution in [0.25, 0.3) is 30.9 Å². The summed E-state index contributed by atoms with van der Waals surface area (Å²) in [6, 6.07) is 8.03. The van der Waals surface area contributed by atoms with E-state index in [4.69, 9.17) is 18.9 Å². The molecule has 2 aromatic carbocycles. The first-order chi connectivity index (χ1) is 21.4. The topological polar surface area (TPSA) is 71.1 Å². The Morgan fingerprint density at radius 2 is 1.02 bits per heavy atom. The number of benzene rings is 2. The van der Waals surface area contributed by atoms with Crippen molar-refractivity contribution < 1.29 is 28.5 Å². The molecule has 6 nitrogen and oxygen atoms in total. The van der Waals surface area contributed by atoms with Gasteiger partial charge < -0.3 is 18.9 Å². The molecule has 2 unspecified atom stereocenters. The lowest BCUT2D eigenvalue weighted by molar-refractivity contribution is 0.0522. The van der Waals surface area contributed by atoms with Gasteiger partial charge in [-0.05, 0) is 62.8 Å². The molecule has 4 aromatic rings. The van der Waals surface area contributed by atoms with Gasteiger partial charge in [0.1, 0.15) is 21.3 Å². The number of fused-ring (bicyclic) bond motifs is 3. The molecule has 0 radical (unpaired) electrons. The highest BCUT2D eigenvalue weighted by molar-refractivity contribution is 7.21. The Hall–Kier alpha value is -2.84. The minimum absolute atomic E-state index is 0.321. The van der Waals surface area contributed by atoms with Gasteiger partial charge in [-0.15, -0.1) is 22.7 Å². The molecule has 0 N–H and O–H groups in total. The number of esters is 2. The maximum absolute atomic E-state index is 12.8. The van der Waals surface area contributed by atoms with Crippen molar-refractivity contribution >= 4 is 65.6 Å². The van der Waals surface area contributed by atoms with Crippen molar-refractivity contribution in [3.05, 3.63) is 34.0 Å². The monoisotopic (exact) mass is 640 g/mol. The first-order valence-corrected chi connectivity index (χ1v) is 18.1. The van der Waals surface area contributed by atoms with E-state index >= 15 is 0 Å². The van der Waals surface area contributed by atoms with Crippen molar-refractivity contribution in [1.29, 1.82) is 0 Å². The molecule has 0 bridgehead atoms. The van der Waals surface area contributed by atoms with Gasteiger partial charge in [-0.2, -0.15) is 0 Å². The van der Waals surface area contributed by atoms with Crippen LogP contribution in [-0.2, 0) is 9.47 Å². The second-order valence-electron chi connectivity index (χ2n) is 11.4. The minimum atomic E-state index is -0.323. The summed E-state index contributed by atoms with van der Waals surface area (Å²) in [6.07, 6.45) is 8.93.